The van der Waals surface area contributed by atoms with E-state index in [1.165, 1.54) is 0 Å². The zero-order valence-electron chi connectivity index (χ0n) is 7.15. The summed E-state index contributed by atoms with van der Waals surface area (Å²) in [6.07, 6.45) is 0. The lowest BCUT2D eigenvalue weighted by Crippen LogP contribution is -1.90. The van der Waals surface area contributed by atoms with Crippen LogP contribution in [0.3, 0.4) is 0 Å². The summed E-state index contributed by atoms with van der Waals surface area (Å²) in [5.74, 6) is 0.802. The zero-order valence-corrected chi connectivity index (χ0v) is 8.04. The molecule has 68 valence electrons. The molecule has 1 aromatic carbocycles. The van der Waals surface area contributed by atoms with Crippen LogP contribution in [0.4, 0.5) is 0 Å². The molecule has 0 aliphatic rings. The molecule has 0 saturated heterocycles. The first-order chi connectivity index (χ1) is 6.29. The molecule has 2 aromatic rings. The molecule has 0 saturated carbocycles. The monoisotopic (exact) mass is 195 g/mol. The summed E-state index contributed by atoms with van der Waals surface area (Å²) in [6.45, 7) is 2.59. The number of oxazole rings is 1. The van der Waals surface area contributed by atoms with Gasteiger partial charge in [0.15, 0.2) is 5.58 Å². The van der Waals surface area contributed by atoms with Gasteiger partial charge in [0, 0.05) is 6.07 Å². The van der Waals surface area contributed by atoms with Gasteiger partial charge in [-0.25, -0.2) is 4.98 Å². The number of aromatic nitrogens is 1. The molecule has 4 heteroatoms. The highest BCUT2D eigenvalue weighted by molar-refractivity contribution is 7.80. The van der Waals surface area contributed by atoms with Gasteiger partial charge in [0.25, 0.3) is 5.22 Å². The van der Waals surface area contributed by atoms with Gasteiger partial charge in [0.2, 0.25) is 0 Å². The number of fused-ring (bicyclic) bond motifs is 1. The summed E-state index contributed by atoms with van der Waals surface area (Å²) in [6, 6.07) is 5.51. The standard InChI is InChI=1S/C9H9NO2S/c1-2-11-6-3-4-8-7(5-6)10-9(13)12-8/h3-5H,2H2,1H3,(H,10,13). The minimum absolute atomic E-state index is 0.378. The third-order valence-corrected chi connectivity index (χ3v) is 1.85. The molecular formula is C9H9NO2S. The molecule has 3 nitrogen and oxygen atoms in total. The molecule has 0 unspecified atom stereocenters. The lowest BCUT2D eigenvalue weighted by molar-refractivity contribution is 0.340. The maximum Gasteiger partial charge on any atom is 0.253 e. The van der Waals surface area contributed by atoms with E-state index in [0.717, 1.165) is 16.8 Å². The van der Waals surface area contributed by atoms with Crippen molar-refractivity contribution in [2.24, 2.45) is 0 Å². The average Bonchev–Trinajstić information content (AvgIpc) is 2.44. The summed E-state index contributed by atoms with van der Waals surface area (Å²) >= 11 is 4.01. The van der Waals surface area contributed by atoms with E-state index in [1.54, 1.807) is 0 Å². The van der Waals surface area contributed by atoms with Crippen molar-refractivity contribution in [3.05, 3.63) is 18.2 Å². The van der Waals surface area contributed by atoms with Crippen LogP contribution in [0.5, 0.6) is 5.75 Å². The predicted octanol–water partition coefficient (Wildman–Crippen LogP) is 2.52. The molecule has 0 bridgehead atoms. The van der Waals surface area contributed by atoms with Gasteiger partial charge in [-0.1, -0.05) is 12.6 Å². The van der Waals surface area contributed by atoms with Crippen molar-refractivity contribution in [2.45, 2.75) is 12.1 Å². The maximum absolute atomic E-state index is 5.32. The van der Waals surface area contributed by atoms with Crippen LogP contribution in [0, 0.1) is 0 Å². The number of hydrogen-bond donors (Lipinski definition) is 1. The van der Waals surface area contributed by atoms with Gasteiger partial charge in [-0.15, -0.1) is 0 Å². The largest absolute Gasteiger partial charge is 0.494 e. The molecule has 0 aliphatic heterocycles. The zero-order chi connectivity index (χ0) is 9.26. The van der Waals surface area contributed by atoms with Crippen LogP contribution in [-0.2, 0) is 0 Å². The van der Waals surface area contributed by atoms with E-state index in [1.807, 2.05) is 25.1 Å². The SMILES string of the molecule is CCOc1ccc2oc(S)nc2c1. The minimum Gasteiger partial charge on any atom is -0.494 e. The molecule has 0 radical (unpaired) electrons. The Morgan fingerprint density at radius 3 is 3.15 bits per heavy atom. The smallest absolute Gasteiger partial charge is 0.253 e. The lowest BCUT2D eigenvalue weighted by Gasteiger charge is -2.00. The number of nitrogens with zero attached hydrogens (tertiary/aromatic N) is 1. The van der Waals surface area contributed by atoms with Crippen molar-refractivity contribution >= 4 is 23.7 Å². The normalized spacial score (nSPS) is 10.6. The predicted molar refractivity (Wildman–Crippen MR) is 52.4 cm³/mol. The quantitative estimate of drug-likeness (QED) is 0.748. The van der Waals surface area contributed by atoms with Crippen LogP contribution in [0.25, 0.3) is 11.1 Å². The first kappa shape index (κ1) is 8.44. The first-order valence-electron chi connectivity index (χ1n) is 4.02. The molecule has 0 spiro atoms. The Morgan fingerprint density at radius 2 is 2.38 bits per heavy atom. The second-order valence-electron chi connectivity index (χ2n) is 2.56. The molecule has 2 rings (SSSR count). The van der Waals surface area contributed by atoms with E-state index in [2.05, 4.69) is 17.6 Å². The Kier molecular flexibility index (Phi) is 2.14. The lowest BCUT2D eigenvalue weighted by atomic mass is 10.3. The van der Waals surface area contributed by atoms with Gasteiger partial charge in [-0.3, -0.25) is 0 Å². The first-order valence-corrected chi connectivity index (χ1v) is 4.46. The van der Waals surface area contributed by atoms with Crippen LogP contribution in [0.15, 0.2) is 27.8 Å². The van der Waals surface area contributed by atoms with Crippen molar-refractivity contribution in [2.75, 3.05) is 6.61 Å². The summed E-state index contributed by atoms with van der Waals surface area (Å²) in [5.41, 5.74) is 1.50. The number of hydrogen-bond acceptors (Lipinski definition) is 4. The fourth-order valence-electron chi connectivity index (χ4n) is 1.15. The van der Waals surface area contributed by atoms with Gasteiger partial charge < -0.3 is 9.15 Å². The highest BCUT2D eigenvalue weighted by Gasteiger charge is 2.03. The van der Waals surface area contributed by atoms with E-state index in [4.69, 9.17) is 9.15 Å². The molecular weight excluding hydrogens is 186 g/mol. The Balaban J connectivity index is 2.48. The number of rotatable bonds is 2. The summed E-state index contributed by atoms with van der Waals surface area (Å²) < 4.78 is 10.5. The summed E-state index contributed by atoms with van der Waals surface area (Å²) in [5, 5.41) is 0.378. The van der Waals surface area contributed by atoms with Crippen molar-refractivity contribution < 1.29 is 9.15 Å². The van der Waals surface area contributed by atoms with Crippen LogP contribution in [-0.4, -0.2) is 11.6 Å². The van der Waals surface area contributed by atoms with Crippen molar-refractivity contribution in [1.82, 2.24) is 4.98 Å². The van der Waals surface area contributed by atoms with Gasteiger partial charge in [-0.2, -0.15) is 0 Å². The third-order valence-electron chi connectivity index (χ3n) is 1.66. The second-order valence-corrected chi connectivity index (χ2v) is 2.94. The van der Waals surface area contributed by atoms with E-state index in [0.29, 0.717) is 11.8 Å². The molecule has 1 aromatic heterocycles. The molecule has 0 fully saturated rings. The average molecular weight is 195 g/mol. The van der Waals surface area contributed by atoms with Crippen LogP contribution in [0.1, 0.15) is 6.92 Å². The summed E-state index contributed by atoms with van der Waals surface area (Å²) in [7, 11) is 0. The maximum atomic E-state index is 5.32. The molecule has 0 atom stereocenters. The van der Waals surface area contributed by atoms with Crippen LogP contribution >= 0.6 is 12.6 Å². The van der Waals surface area contributed by atoms with Crippen molar-refractivity contribution in [3.8, 4) is 5.75 Å². The highest BCUT2D eigenvalue weighted by atomic mass is 32.1. The van der Waals surface area contributed by atoms with E-state index < -0.39 is 0 Å². The van der Waals surface area contributed by atoms with Crippen molar-refractivity contribution in [1.29, 1.82) is 0 Å². The van der Waals surface area contributed by atoms with E-state index in [-0.39, 0.29) is 0 Å². The van der Waals surface area contributed by atoms with E-state index >= 15 is 0 Å². The van der Waals surface area contributed by atoms with Crippen LogP contribution < -0.4 is 4.74 Å². The Morgan fingerprint density at radius 1 is 1.54 bits per heavy atom. The number of ether oxygens (including phenoxy) is 1. The Hall–Kier alpha value is -1.16. The second kappa shape index (κ2) is 3.30. The van der Waals surface area contributed by atoms with Gasteiger partial charge in [0.05, 0.1) is 6.61 Å². The fourth-order valence-corrected chi connectivity index (χ4v) is 1.36. The molecule has 13 heavy (non-hydrogen) atoms. The molecule has 1 heterocycles. The minimum atomic E-state index is 0.378. The highest BCUT2D eigenvalue weighted by Crippen LogP contribution is 2.22. The molecule has 0 amide bonds. The summed E-state index contributed by atoms with van der Waals surface area (Å²) in [4.78, 5) is 4.07. The van der Waals surface area contributed by atoms with E-state index in [9.17, 15) is 0 Å². The third kappa shape index (κ3) is 1.62. The number of benzene rings is 1. The van der Waals surface area contributed by atoms with Gasteiger partial charge in [-0.05, 0) is 19.1 Å². The van der Waals surface area contributed by atoms with Crippen LogP contribution in [0.2, 0.25) is 0 Å². The fraction of sp³-hybridized carbons (Fsp3) is 0.222. The molecule has 0 aliphatic carbocycles. The molecule has 0 N–H and O–H groups in total. The number of thiol groups is 1. The Bertz CT molecular complexity index is 424. The topological polar surface area (TPSA) is 35.3 Å². The van der Waals surface area contributed by atoms with Gasteiger partial charge >= 0.3 is 0 Å². The van der Waals surface area contributed by atoms with Gasteiger partial charge in [0.1, 0.15) is 11.3 Å². The Labute approximate surface area is 81.1 Å². The van der Waals surface area contributed by atoms with Crippen molar-refractivity contribution in [3.63, 3.8) is 0 Å².